The zero-order valence-electron chi connectivity index (χ0n) is 6.22. The maximum absolute atomic E-state index is 5.03. The molecule has 1 aliphatic carbocycles. The van der Waals surface area contributed by atoms with E-state index in [1.165, 1.54) is 12.8 Å². The molecule has 3 heteroatoms. The SMILES string of the molecule is Cc1noc(C2(C)CC2)n1. The molecule has 0 amide bonds. The third-order valence-corrected chi connectivity index (χ3v) is 2.04. The predicted molar refractivity (Wildman–Crippen MR) is 35.6 cm³/mol. The van der Waals surface area contributed by atoms with Gasteiger partial charge >= 0.3 is 0 Å². The molecule has 54 valence electrons. The lowest BCUT2D eigenvalue weighted by Crippen LogP contribution is -1.99. The fourth-order valence-electron chi connectivity index (χ4n) is 0.944. The van der Waals surface area contributed by atoms with E-state index in [1.807, 2.05) is 6.92 Å². The molecular formula is C7H10N2O. The van der Waals surface area contributed by atoms with Crippen LogP contribution in [0.3, 0.4) is 0 Å². The number of rotatable bonds is 1. The number of aromatic nitrogens is 2. The number of aryl methyl sites for hydroxylation is 1. The highest BCUT2D eigenvalue weighted by Crippen LogP contribution is 2.46. The quantitative estimate of drug-likeness (QED) is 0.589. The first-order valence-electron chi connectivity index (χ1n) is 3.51. The van der Waals surface area contributed by atoms with Crippen LogP contribution in [0.5, 0.6) is 0 Å². The summed E-state index contributed by atoms with van der Waals surface area (Å²) in [7, 11) is 0. The Morgan fingerprint density at radius 3 is 2.60 bits per heavy atom. The Hall–Kier alpha value is -0.860. The second-order valence-electron chi connectivity index (χ2n) is 3.21. The van der Waals surface area contributed by atoms with E-state index in [9.17, 15) is 0 Å². The molecule has 0 saturated heterocycles. The molecule has 1 aliphatic rings. The molecule has 1 fully saturated rings. The van der Waals surface area contributed by atoms with Gasteiger partial charge in [0.1, 0.15) is 0 Å². The molecule has 0 unspecified atom stereocenters. The average molecular weight is 138 g/mol. The Kier molecular flexibility index (Phi) is 0.938. The molecule has 1 aromatic rings. The smallest absolute Gasteiger partial charge is 0.232 e. The number of hydrogen-bond donors (Lipinski definition) is 0. The van der Waals surface area contributed by atoms with Crippen LogP contribution in [0.15, 0.2) is 4.52 Å². The Morgan fingerprint density at radius 2 is 2.20 bits per heavy atom. The summed E-state index contributed by atoms with van der Waals surface area (Å²) in [4.78, 5) is 4.17. The van der Waals surface area contributed by atoms with Crippen molar-refractivity contribution in [3.8, 4) is 0 Å². The van der Waals surface area contributed by atoms with Crippen LogP contribution in [0.1, 0.15) is 31.5 Å². The van der Waals surface area contributed by atoms with Gasteiger partial charge < -0.3 is 4.52 Å². The van der Waals surface area contributed by atoms with Crippen molar-refractivity contribution in [2.75, 3.05) is 0 Å². The lowest BCUT2D eigenvalue weighted by Gasteiger charge is -1.96. The lowest BCUT2D eigenvalue weighted by molar-refractivity contribution is 0.350. The second-order valence-corrected chi connectivity index (χ2v) is 3.21. The summed E-state index contributed by atoms with van der Waals surface area (Å²) in [5.74, 6) is 1.55. The summed E-state index contributed by atoms with van der Waals surface area (Å²) in [5, 5.41) is 3.74. The maximum Gasteiger partial charge on any atom is 0.232 e. The molecule has 0 radical (unpaired) electrons. The minimum atomic E-state index is 0.223. The van der Waals surface area contributed by atoms with Crippen LogP contribution >= 0.6 is 0 Å². The van der Waals surface area contributed by atoms with E-state index in [4.69, 9.17) is 4.52 Å². The van der Waals surface area contributed by atoms with Crippen molar-refractivity contribution in [2.24, 2.45) is 0 Å². The molecule has 0 N–H and O–H groups in total. The molecule has 10 heavy (non-hydrogen) atoms. The van der Waals surface area contributed by atoms with E-state index in [2.05, 4.69) is 17.1 Å². The summed E-state index contributed by atoms with van der Waals surface area (Å²) in [5.41, 5.74) is 0.223. The molecule has 1 aromatic heterocycles. The van der Waals surface area contributed by atoms with Gasteiger partial charge in [-0.1, -0.05) is 12.1 Å². The summed E-state index contributed by atoms with van der Waals surface area (Å²) in [6, 6.07) is 0. The van der Waals surface area contributed by atoms with Crippen LogP contribution in [0.25, 0.3) is 0 Å². The minimum absolute atomic E-state index is 0.223. The van der Waals surface area contributed by atoms with Gasteiger partial charge in [-0.05, 0) is 19.8 Å². The van der Waals surface area contributed by atoms with Crippen LogP contribution in [-0.4, -0.2) is 10.1 Å². The topological polar surface area (TPSA) is 38.9 Å². The Balaban J connectivity index is 2.34. The standard InChI is InChI=1S/C7H10N2O/c1-5-8-6(10-9-5)7(2)3-4-7/h3-4H2,1-2H3. The molecule has 0 aromatic carbocycles. The fourth-order valence-corrected chi connectivity index (χ4v) is 0.944. The summed E-state index contributed by atoms with van der Waals surface area (Å²) in [6.45, 7) is 4.00. The number of nitrogens with zero attached hydrogens (tertiary/aromatic N) is 2. The fraction of sp³-hybridized carbons (Fsp3) is 0.714. The van der Waals surface area contributed by atoms with Gasteiger partial charge in [0, 0.05) is 5.41 Å². The van der Waals surface area contributed by atoms with Crippen molar-refractivity contribution in [3.05, 3.63) is 11.7 Å². The van der Waals surface area contributed by atoms with Crippen LogP contribution in [0, 0.1) is 6.92 Å². The third-order valence-electron chi connectivity index (χ3n) is 2.04. The van der Waals surface area contributed by atoms with E-state index in [0.29, 0.717) is 0 Å². The van der Waals surface area contributed by atoms with Crippen LogP contribution in [-0.2, 0) is 5.41 Å². The molecule has 0 atom stereocenters. The second kappa shape index (κ2) is 1.59. The van der Waals surface area contributed by atoms with Crippen molar-refractivity contribution < 1.29 is 4.52 Å². The van der Waals surface area contributed by atoms with E-state index >= 15 is 0 Å². The molecule has 0 bridgehead atoms. The minimum Gasteiger partial charge on any atom is -0.339 e. The Labute approximate surface area is 59.4 Å². The first kappa shape index (κ1) is 5.89. The monoisotopic (exact) mass is 138 g/mol. The number of hydrogen-bond acceptors (Lipinski definition) is 3. The highest BCUT2D eigenvalue weighted by molar-refractivity contribution is 5.12. The zero-order valence-corrected chi connectivity index (χ0v) is 6.22. The molecule has 1 heterocycles. The van der Waals surface area contributed by atoms with Crippen molar-refractivity contribution in [2.45, 2.75) is 32.1 Å². The largest absolute Gasteiger partial charge is 0.339 e. The molecule has 0 aliphatic heterocycles. The molecular weight excluding hydrogens is 128 g/mol. The summed E-state index contributed by atoms with van der Waals surface area (Å²) < 4.78 is 5.03. The highest BCUT2D eigenvalue weighted by atomic mass is 16.5. The predicted octanol–water partition coefficient (Wildman–Crippen LogP) is 1.43. The highest BCUT2D eigenvalue weighted by Gasteiger charge is 2.44. The van der Waals surface area contributed by atoms with Gasteiger partial charge in [0.25, 0.3) is 0 Å². The van der Waals surface area contributed by atoms with Gasteiger partial charge in [-0.25, -0.2) is 0 Å². The van der Waals surface area contributed by atoms with E-state index in [0.717, 1.165) is 11.7 Å². The van der Waals surface area contributed by atoms with Crippen molar-refractivity contribution >= 4 is 0 Å². The van der Waals surface area contributed by atoms with E-state index in [-0.39, 0.29) is 5.41 Å². The van der Waals surface area contributed by atoms with Crippen molar-refractivity contribution in [1.29, 1.82) is 0 Å². The zero-order chi connectivity index (χ0) is 7.19. The van der Waals surface area contributed by atoms with Gasteiger partial charge in [0.05, 0.1) is 0 Å². The first-order valence-corrected chi connectivity index (χ1v) is 3.51. The maximum atomic E-state index is 5.03. The first-order chi connectivity index (χ1) is 4.71. The van der Waals surface area contributed by atoms with Crippen LogP contribution < -0.4 is 0 Å². The van der Waals surface area contributed by atoms with Crippen molar-refractivity contribution in [3.63, 3.8) is 0 Å². The van der Waals surface area contributed by atoms with Gasteiger partial charge in [-0.15, -0.1) is 0 Å². The molecule has 0 spiro atoms. The van der Waals surface area contributed by atoms with E-state index in [1.54, 1.807) is 0 Å². The Bertz CT molecular complexity index is 250. The van der Waals surface area contributed by atoms with Crippen LogP contribution in [0.2, 0.25) is 0 Å². The van der Waals surface area contributed by atoms with Gasteiger partial charge in [-0.2, -0.15) is 4.98 Å². The van der Waals surface area contributed by atoms with Crippen molar-refractivity contribution in [1.82, 2.24) is 10.1 Å². The average Bonchev–Trinajstić information content (AvgIpc) is 2.45. The van der Waals surface area contributed by atoms with Gasteiger partial charge in [0.15, 0.2) is 5.82 Å². The van der Waals surface area contributed by atoms with Crippen LogP contribution in [0.4, 0.5) is 0 Å². The summed E-state index contributed by atoms with van der Waals surface area (Å²) in [6.07, 6.45) is 2.38. The normalized spacial score (nSPS) is 21.0. The van der Waals surface area contributed by atoms with Gasteiger partial charge in [0.2, 0.25) is 5.89 Å². The lowest BCUT2D eigenvalue weighted by atomic mass is 10.1. The van der Waals surface area contributed by atoms with Gasteiger partial charge in [-0.3, -0.25) is 0 Å². The summed E-state index contributed by atoms with van der Waals surface area (Å²) >= 11 is 0. The third kappa shape index (κ3) is 0.735. The van der Waals surface area contributed by atoms with E-state index < -0.39 is 0 Å². The molecule has 3 nitrogen and oxygen atoms in total. The molecule has 1 saturated carbocycles. The Morgan fingerprint density at radius 1 is 1.50 bits per heavy atom. The molecule has 2 rings (SSSR count).